The number of likely N-dealkylation sites (tertiary alicyclic amines) is 1. The molecule has 0 spiro atoms. The van der Waals surface area contributed by atoms with E-state index < -0.39 is 0 Å². The molecule has 9 heteroatoms. The van der Waals surface area contributed by atoms with Crippen LogP contribution in [0.25, 0.3) is 11.4 Å². The molecule has 9 nitrogen and oxygen atoms in total. The Morgan fingerprint density at radius 2 is 1.97 bits per heavy atom. The molecule has 1 amide bonds. The van der Waals surface area contributed by atoms with Crippen LogP contribution < -0.4 is 0 Å². The Balaban J connectivity index is 0.000000913. The maximum atomic E-state index is 12.7. The van der Waals surface area contributed by atoms with Gasteiger partial charge in [-0.15, -0.1) is 0 Å². The van der Waals surface area contributed by atoms with Gasteiger partial charge in [-0.1, -0.05) is 28.9 Å². The van der Waals surface area contributed by atoms with Gasteiger partial charge in [0.15, 0.2) is 0 Å². The van der Waals surface area contributed by atoms with Crippen LogP contribution in [0.1, 0.15) is 30.7 Å². The van der Waals surface area contributed by atoms with Crippen molar-refractivity contribution < 1.29 is 24.3 Å². The van der Waals surface area contributed by atoms with E-state index in [2.05, 4.69) is 15.0 Å². The highest BCUT2D eigenvalue weighted by molar-refractivity contribution is 5.76. The lowest BCUT2D eigenvalue weighted by Gasteiger charge is -2.38. The van der Waals surface area contributed by atoms with Crippen molar-refractivity contribution in [2.45, 2.75) is 44.8 Å². The third-order valence-corrected chi connectivity index (χ3v) is 6.42. The molecule has 4 atom stereocenters. The number of carbonyl (C=O) groups excluding carboxylic acids is 1. The second-order valence-electron chi connectivity index (χ2n) is 8.88. The van der Waals surface area contributed by atoms with Crippen LogP contribution in [0.15, 0.2) is 28.8 Å². The van der Waals surface area contributed by atoms with Crippen LogP contribution in [0.2, 0.25) is 0 Å². The largest absolute Gasteiger partial charge is 0.483 e. The summed E-state index contributed by atoms with van der Waals surface area (Å²) in [6.07, 6.45) is 2.24. The molecule has 1 aliphatic carbocycles. The maximum absolute atomic E-state index is 12.7. The van der Waals surface area contributed by atoms with E-state index >= 15 is 0 Å². The minimum absolute atomic E-state index is 0.130. The summed E-state index contributed by atoms with van der Waals surface area (Å²) in [6.45, 7) is 3.31. The quantitative estimate of drug-likeness (QED) is 0.671. The zero-order chi connectivity index (χ0) is 23.3. The number of aryl methyl sites for hydroxylation is 2. The minimum atomic E-state index is -0.306. The molecule has 2 N–H and O–H groups in total. The van der Waals surface area contributed by atoms with Gasteiger partial charge in [0.2, 0.25) is 17.6 Å². The van der Waals surface area contributed by atoms with Crippen LogP contribution in [0.3, 0.4) is 0 Å². The highest BCUT2D eigenvalue weighted by Gasteiger charge is 2.43. The standard InChI is InChI=1S/C22H30N4O3.CH2O2/c1-14-5-4-6-15(9-14)22-23-20(29-24-22)7-8-21(28)26-12-16-10-18(25(2)3)19(27)11-17(16)13-26;2-1-3/h4-6,9,16-19,27H,7-8,10-13H2,1-3H3;1H,(H,2,3)/t16-,17+,18-,19-;/m1./s1. The van der Waals surface area contributed by atoms with E-state index in [9.17, 15) is 9.90 Å². The lowest BCUT2D eigenvalue weighted by molar-refractivity contribution is -0.130. The summed E-state index contributed by atoms with van der Waals surface area (Å²) in [4.78, 5) is 29.6. The topological polar surface area (TPSA) is 120 Å². The van der Waals surface area contributed by atoms with Crippen LogP contribution in [0.4, 0.5) is 0 Å². The molecule has 1 saturated heterocycles. The highest BCUT2D eigenvalue weighted by atomic mass is 16.5. The molecular formula is C23H32N4O5. The number of carboxylic acid groups (broad SMARTS) is 1. The smallest absolute Gasteiger partial charge is 0.290 e. The van der Waals surface area contributed by atoms with Crippen molar-refractivity contribution in [1.29, 1.82) is 0 Å². The SMILES string of the molecule is Cc1cccc(-c2noc(CCC(=O)N3C[C@H]4C[C@@H](N(C)C)[C@H](O)C[C@H]4C3)n2)c1.O=CO. The Hall–Kier alpha value is -2.78. The molecule has 2 heterocycles. The van der Waals surface area contributed by atoms with Gasteiger partial charge in [-0.05, 0) is 51.8 Å². The average molecular weight is 445 g/mol. The number of aliphatic hydroxyl groups excluding tert-OH is 1. The van der Waals surface area contributed by atoms with Gasteiger partial charge in [-0.25, -0.2) is 0 Å². The zero-order valence-electron chi connectivity index (χ0n) is 18.8. The van der Waals surface area contributed by atoms with Crippen molar-refractivity contribution in [3.63, 3.8) is 0 Å². The number of aliphatic hydroxyl groups is 1. The maximum Gasteiger partial charge on any atom is 0.290 e. The molecule has 174 valence electrons. The molecule has 1 aromatic heterocycles. The average Bonchev–Trinajstić information content (AvgIpc) is 3.38. The first-order valence-electron chi connectivity index (χ1n) is 10.9. The third-order valence-electron chi connectivity index (χ3n) is 6.42. The molecule has 0 unspecified atom stereocenters. The van der Waals surface area contributed by atoms with Gasteiger partial charge < -0.3 is 24.5 Å². The lowest BCUT2D eigenvalue weighted by Crippen LogP contribution is -2.46. The molecule has 4 rings (SSSR count). The number of benzene rings is 1. The molecule has 2 fully saturated rings. The normalized spacial score (nSPS) is 24.6. The van der Waals surface area contributed by atoms with Gasteiger partial charge in [0.25, 0.3) is 6.47 Å². The summed E-state index contributed by atoms with van der Waals surface area (Å²) in [6, 6.07) is 8.14. The minimum Gasteiger partial charge on any atom is -0.483 e. The van der Waals surface area contributed by atoms with E-state index in [0.29, 0.717) is 36.4 Å². The number of nitrogens with zero attached hydrogens (tertiary/aromatic N) is 4. The van der Waals surface area contributed by atoms with Crippen molar-refractivity contribution in [2.24, 2.45) is 11.8 Å². The Kier molecular flexibility index (Phi) is 7.98. The molecule has 1 saturated carbocycles. The second kappa shape index (κ2) is 10.7. The van der Waals surface area contributed by atoms with Crippen molar-refractivity contribution in [3.8, 4) is 11.4 Å². The number of carbonyl (C=O) groups is 2. The van der Waals surface area contributed by atoms with E-state index in [1.165, 1.54) is 0 Å². The first kappa shape index (κ1) is 23.9. The van der Waals surface area contributed by atoms with E-state index in [1.54, 1.807) is 0 Å². The number of aromatic nitrogens is 2. The molecule has 2 aliphatic rings. The van der Waals surface area contributed by atoms with Crippen LogP contribution >= 0.6 is 0 Å². The van der Waals surface area contributed by atoms with Gasteiger partial charge >= 0.3 is 0 Å². The second-order valence-corrected chi connectivity index (χ2v) is 8.88. The van der Waals surface area contributed by atoms with Crippen molar-refractivity contribution in [2.75, 3.05) is 27.2 Å². The Bertz CT molecular complexity index is 915. The van der Waals surface area contributed by atoms with E-state index in [-0.39, 0.29) is 24.5 Å². The molecule has 2 aromatic rings. The van der Waals surface area contributed by atoms with Gasteiger partial charge in [0.05, 0.1) is 6.10 Å². The van der Waals surface area contributed by atoms with Gasteiger partial charge in [0, 0.05) is 37.5 Å². The van der Waals surface area contributed by atoms with Crippen LogP contribution in [0, 0.1) is 18.8 Å². The number of amides is 1. The zero-order valence-corrected chi connectivity index (χ0v) is 18.8. The summed E-state index contributed by atoms with van der Waals surface area (Å²) in [5.74, 6) is 2.07. The number of likely N-dealkylation sites (N-methyl/N-ethyl adjacent to an activating group) is 1. The highest BCUT2D eigenvalue weighted by Crippen LogP contribution is 2.38. The Morgan fingerprint density at radius 3 is 2.62 bits per heavy atom. The van der Waals surface area contributed by atoms with E-state index in [1.807, 2.05) is 50.2 Å². The van der Waals surface area contributed by atoms with Crippen molar-refractivity contribution in [1.82, 2.24) is 19.9 Å². The predicted molar refractivity (Wildman–Crippen MR) is 118 cm³/mol. The third kappa shape index (κ3) is 5.72. The molecule has 32 heavy (non-hydrogen) atoms. The Morgan fingerprint density at radius 1 is 1.28 bits per heavy atom. The Labute approximate surface area is 188 Å². The van der Waals surface area contributed by atoms with Crippen LogP contribution in [0.5, 0.6) is 0 Å². The fourth-order valence-corrected chi connectivity index (χ4v) is 4.80. The van der Waals surface area contributed by atoms with E-state index in [0.717, 1.165) is 37.1 Å². The summed E-state index contributed by atoms with van der Waals surface area (Å²) >= 11 is 0. The number of hydrogen-bond acceptors (Lipinski definition) is 7. The first-order valence-corrected chi connectivity index (χ1v) is 10.9. The lowest BCUT2D eigenvalue weighted by atomic mass is 9.77. The number of hydrogen-bond donors (Lipinski definition) is 2. The van der Waals surface area contributed by atoms with Crippen LogP contribution in [-0.4, -0.2) is 81.9 Å². The van der Waals surface area contributed by atoms with Crippen LogP contribution in [-0.2, 0) is 16.0 Å². The summed E-state index contributed by atoms with van der Waals surface area (Å²) < 4.78 is 5.35. The fraction of sp³-hybridized carbons (Fsp3) is 0.565. The van der Waals surface area contributed by atoms with Gasteiger partial charge in [0.1, 0.15) is 0 Å². The summed E-state index contributed by atoms with van der Waals surface area (Å²) in [5.41, 5.74) is 2.06. The molecule has 0 bridgehead atoms. The fourth-order valence-electron chi connectivity index (χ4n) is 4.80. The predicted octanol–water partition coefficient (Wildman–Crippen LogP) is 1.84. The number of rotatable bonds is 5. The summed E-state index contributed by atoms with van der Waals surface area (Å²) in [5, 5.41) is 21.3. The van der Waals surface area contributed by atoms with Crippen molar-refractivity contribution in [3.05, 3.63) is 35.7 Å². The van der Waals surface area contributed by atoms with Gasteiger partial charge in [-0.3, -0.25) is 9.59 Å². The molecule has 1 aliphatic heterocycles. The van der Waals surface area contributed by atoms with Crippen molar-refractivity contribution >= 4 is 12.4 Å². The van der Waals surface area contributed by atoms with E-state index in [4.69, 9.17) is 14.4 Å². The summed E-state index contributed by atoms with van der Waals surface area (Å²) in [7, 11) is 4.03. The number of fused-ring (bicyclic) bond motifs is 1. The molecular weight excluding hydrogens is 412 g/mol. The molecule has 0 radical (unpaired) electrons. The van der Waals surface area contributed by atoms with Gasteiger partial charge in [-0.2, -0.15) is 4.98 Å². The first-order chi connectivity index (χ1) is 15.3. The monoisotopic (exact) mass is 444 g/mol. The molecule has 1 aromatic carbocycles.